The third-order valence-corrected chi connectivity index (χ3v) is 3.49. The van der Waals surface area contributed by atoms with Crippen LogP contribution in [0.1, 0.15) is 13.8 Å². The molecule has 1 aromatic rings. The van der Waals surface area contributed by atoms with Gasteiger partial charge in [-0.1, -0.05) is 25.4 Å². The van der Waals surface area contributed by atoms with Crippen molar-refractivity contribution in [1.82, 2.24) is 5.32 Å². The topological polar surface area (TPSA) is 75.7 Å². The number of barbiturate groups is 1. The van der Waals surface area contributed by atoms with Gasteiger partial charge in [-0.3, -0.25) is 14.9 Å². The molecule has 4 amide bonds. The molecule has 1 heterocycles. The summed E-state index contributed by atoms with van der Waals surface area (Å²) >= 11 is 5.92. The van der Waals surface area contributed by atoms with Gasteiger partial charge in [0.1, 0.15) is 11.7 Å². The van der Waals surface area contributed by atoms with E-state index in [0.717, 1.165) is 4.90 Å². The number of methoxy groups -OCH3 is 1. The van der Waals surface area contributed by atoms with Gasteiger partial charge < -0.3 is 4.74 Å². The molecule has 1 saturated heterocycles. The Kier molecular flexibility index (Phi) is 4.18. The van der Waals surface area contributed by atoms with Crippen LogP contribution in [0.15, 0.2) is 18.2 Å². The Bertz CT molecular complexity index is 615. The number of hydrogen-bond donors (Lipinski definition) is 1. The highest BCUT2D eigenvalue weighted by atomic mass is 35.5. The maximum absolute atomic E-state index is 12.5. The lowest BCUT2D eigenvalue weighted by molar-refractivity contribution is -0.136. The van der Waals surface area contributed by atoms with Crippen LogP contribution in [0.25, 0.3) is 0 Å². The summed E-state index contributed by atoms with van der Waals surface area (Å²) in [5.74, 6) is -2.01. The summed E-state index contributed by atoms with van der Waals surface area (Å²) in [7, 11) is 1.42. The van der Waals surface area contributed by atoms with Crippen molar-refractivity contribution in [3.05, 3.63) is 23.2 Å². The van der Waals surface area contributed by atoms with Crippen LogP contribution in [-0.2, 0) is 9.59 Å². The first kappa shape index (κ1) is 15.3. The van der Waals surface area contributed by atoms with E-state index in [4.69, 9.17) is 16.3 Å². The van der Waals surface area contributed by atoms with Crippen molar-refractivity contribution in [1.29, 1.82) is 0 Å². The predicted octanol–water partition coefficient (Wildman–Crippen LogP) is 2.20. The summed E-state index contributed by atoms with van der Waals surface area (Å²) in [6.07, 6.45) is 0. The van der Waals surface area contributed by atoms with Gasteiger partial charge in [0, 0.05) is 5.02 Å². The van der Waals surface area contributed by atoms with Gasteiger partial charge in [-0.2, -0.15) is 0 Å². The number of rotatable bonds is 3. The van der Waals surface area contributed by atoms with Gasteiger partial charge in [0.2, 0.25) is 11.8 Å². The zero-order valence-corrected chi connectivity index (χ0v) is 12.6. The monoisotopic (exact) mass is 310 g/mol. The summed E-state index contributed by atoms with van der Waals surface area (Å²) in [6, 6.07) is 3.79. The second-order valence-corrected chi connectivity index (χ2v) is 5.44. The Balaban J connectivity index is 2.51. The number of ether oxygens (including phenoxy) is 1. The zero-order chi connectivity index (χ0) is 15.7. The number of benzene rings is 1. The van der Waals surface area contributed by atoms with Crippen molar-refractivity contribution < 1.29 is 19.1 Å². The molecule has 112 valence electrons. The SMILES string of the molecule is COc1ccc(Cl)cc1N1C(=O)NC(=O)C(C(C)C)C1=O. The summed E-state index contributed by atoms with van der Waals surface area (Å²) in [4.78, 5) is 37.3. The van der Waals surface area contributed by atoms with Crippen LogP contribution in [-0.4, -0.2) is 25.0 Å². The maximum atomic E-state index is 12.5. The van der Waals surface area contributed by atoms with E-state index < -0.39 is 23.8 Å². The van der Waals surface area contributed by atoms with Gasteiger partial charge in [-0.05, 0) is 24.1 Å². The molecule has 0 spiro atoms. The van der Waals surface area contributed by atoms with Crippen LogP contribution in [0, 0.1) is 11.8 Å². The number of carbonyl (C=O) groups is 3. The molecular formula is C14H15ClN2O4. The molecule has 1 unspecified atom stereocenters. The van der Waals surface area contributed by atoms with E-state index in [1.165, 1.54) is 13.2 Å². The number of anilines is 1. The number of nitrogens with zero attached hydrogens (tertiary/aromatic N) is 1. The van der Waals surface area contributed by atoms with Crippen molar-refractivity contribution in [3.8, 4) is 5.75 Å². The van der Waals surface area contributed by atoms with E-state index in [0.29, 0.717) is 10.8 Å². The lowest BCUT2D eigenvalue weighted by Gasteiger charge is -2.32. The Morgan fingerprint density at radius 2 is 1.95 bits per heavy atom. The standard InChI is InChI=1S/C14H15ClN2O4/c1-7(2)11-12(18)16-14(20)17(13(11)19)9-6-8(15)4-5-10(9)21-3/h4-7,11H,1-3H3,(H,16,18,20). The van der Waals surface area contributed by atoms with E-state index >= 15 is 0 Å². The van der Waals surface area contributed by atoms with Crippen molar-refractivity contribution in [3.63, 3.8) is 0 Å². The highest BCUT2D eigenvalue weighted by molar-refractivity contribution is 6.32. The van der Waals surface area contributed by atoms with E-state index in [1.807, 2.05) is 0 Å². The third-order valence-electron chi connectivity index (χ3n) is 3.25. The molecule has 1 N–H and O–H groups in total. The van der Waals surface area contributed by atoms with Crippen molar-refractivity contribution in [2.45, 2.75) is 13.8 Å². The lowest BCUT2D eigenvalue weighted by Crippen LogP contribution is -2.59. The molecule has 6 nitrogen and oxygen atoms in total. The maximum Gasteiger partial charge on any atom is 0.335 e. The molecule has 21 heavy (non-hydrogen) atoms. The number of imide groups is 2. The van der Waals surface area contributed by atoms with Gasteiger partial charge in [-0.15, -0.1) is 0 Å². The van der Waals surface area contributed by atoms with Gasteiger partial charge in [0.25, 0.3) is 0 Å². The van der Waals surface area contributed by atoms with Gasteiger partial charge in [0.05, 0.1) is 12.8 Å². The first-order valence-corrected chi connectivity index (χ1v) is 6.77. The summed E-state index contributed by atoms with van der Waals surface area (Å²) < 4.78 is 5.16. The fraction of sp³-hybridized carbons (Fsp3) is 0.357. The second kappa shape index (κ2) is 5.73. The zero-order valence-electron chi connectivity index (χ0n) is 11.8. The smallest absolute Gasteiger partial charge is 0.335 e. The van der Waals surface area contributed by atoms with Crippen molar-refractivity contribution in [2.24, 2.45) is 11.8 Å². The van der Waals surface area contributed by atoms with Crippen LogP contribution >= 0.6 is 11.6 Å². The summed E-state index contributed by atoms with van der Waals surface area (Å²) in [5, 5.41) is 2.54. The fourth-order valence-corrected chi connectivity index (χ4v) is 2.41. The normalized spacial score (nSPS) is 19.0. The number of carbonyl (C=O) groups excluding carboxylic acids is 3. The van der Waals surface area contributed by atoms with Gasteiger partial charge >= 0.3 is 6.03 Å². The molecule has 0 aliphatic carbocycles. The summed E-state index contributed by atoms with van der Waals surface area (Å²) in [6.45, 7) is 3.48. The minimum atomic E-state index is -0.925. The van der Waals surface area contributed by atoms with Crippen LogP contribution < -0.4 is 15.0 Å². The average Bonchev–Trinajstić information content (AvgIpc) is 2.37. The minimum absolute atomic E-state index is 0.214. The average molecular weight is 311 g/mol. The van der Waals surface area contributed by atoms with E-state index in [-0.39, 0.29) is 11.6 Å². The highest BCUT2D eigenvalue weighted by Gasteiger charge is 2.43. The first-order valence-electron chi connectivity index (χ1n) is 6.39. The largest absolute Gasteiger partial charge is 0.495 e. The van der Waals surface area contributed by atoms with Crippen LogP contribution in [0.3, 0.4) is 0 Å². The molecule has 1 fully saturated rings. The molecule has 0 radical (unpaired) electrons. The molecule has 0 saturated carbocycles. The first-order chi connectivity index (χ1) is 9.86. The highest BCUT2D eigenvalue weighted by Crippen LogP contribution is 2.34. The molecule has 0 bridgehead atoms. The quantitative estimate of drug-likeness (QED) is 0.868. The van der Waals surface area contributed by atoms with Gasteiger partial charge in [-0.25, -0.2) is 9.69 Å². The number of urea groups is 1. The molecule has 1 atom stereocenters. The van der Waals surface area contributed by atoms with E-state index in [1.54, 1.807) is 26.0 Å². The Morgan fingerprint density at radius 3 is 2.52 bits per heavy atom. The number of hydrogen-bond acceptors (Lipinski definition) is 4. The molecule has 1 aliphatic rings. The second-order valence-electron chi connectivity index (χ2n) is 5.01. The molecule has 1 aliphatic heterocycles. The molecule has 2 rings (SSSR count). The Labute approximate surface area is 127 Å². The molecule has 0 aromatic heterocycles. The molecule has 7 heteroatoms. The fourth-order valence-electron chi connectivity index (χ4n) is 2.24. The number of amides is 4. The van der Waals surface area contributed by atoms with Crippen LogP contribution in [0.2, 0.25) is 5.02 Å². The van der Waals surface area contributed by atoms with E-state index in [2.05, 4.69) is 5.32 Å². The number of nitrogens with one attached hydrogen (secondary N) is 1. The van der Waals surface area contributed by atoms with Crippen molar-refractivity contribution >= 4 is 35.1 Å². The molecular weight excluding hydrogens is 296 g/mol. The Morgan fingerprint density at radius 1 is 1.29 bits per heavy atom. The van der Waals surface area contributed by atoms with Gasteiger partial charge in [0.15, 0.2) is 0 Å². The van der Waals surface area contributed by atoms with Crippen LogP contribution in [0.5, 0.6) is 5.75 Å². The lowest BCUT2D eigenvalue weighted by atomic mass is 9.92. The van der Waals surface area contributed by atoms with E-state index in [9.17, 15) is 14.4 Å². The number of halogens is 1. The Hall–Kier alpha value is -2.08. The molecule has 1 aromatic carbocycles. The summed E-state index contributed by atoms with van der Waals surface area (Å²) in [5.41, 5.74) is 0.214. The van der Waals surface area contributed by atoms with Crippen LogP contribution in [0.4, 0.5) is 10.5 Å². The minimum Gasteiger partial charge on any atom is -0.495 e. The third kappa shape index (κ3) is 2.71. The van der Waals surface area contributed by atoms with Crippen molar-refractivity contribution in [2.75, 3.05) is 12.0 Å². The predicted molar refractivity (Wildman–Crippen MR) is 77.4 cm³/mol.